The molecule has 1 unspecified atom stereocenters. The first kappa shape index (κ1) is 10.8. The highest BCUT2D eigenvalue weighted by molar-refractivity contribution is 5.96. The Morgan fingerprint density at radius 2 is 2.12 bits per heavy atom. The van der Waals surface area contributed by atoms with Gasteiger partial charge in [0.15, 0.2) is 0 Å². The van der Waals surface area contributed by atoms with E-state index in [-0.39, 0.29) is 5.41 Å². The number of ether oxygens (including phenoxy) is 1. The van der Waals surface area contributed by atoms with Gasteiger partial charge in [0.05, 0.1) is 5.56 Å². The molecular formula is C14H16O3. The highest BCUT2D eigenvalue weighted by atomic mass is 16.6. The molecule has 0 amide bonds. The average Bonchev–Trinajstić information content (AvgIpc) is 2.65. The van der Waals surface area contributed by atoms with E-state index in [0.717, 1.165) is 18.4 Å². The number of benzene rings is 1. The second-order valence-electron chi connectivity index (χ2n) is 5.88. The molecule has 0 fully saturated rings. The van der Waals surface area contributed by atoms with Gasteiger partial charge in [-0.2, -0.15) is 0 Å². The first-order chi connectivity index (χ1) is 7.89. The number of fused-ring (bicyclic) bond motifs is 2. The summed E-state index contributed by atoms with van der Waals surface area (Å²) >= 11 is 0. The summed E-state index contributed by atoms with van der Waals surface area (Å²) < 4.78 is 4.86. The lowest BCUT2D eigenvalue weighted by molar-refractivity contribution is -0.0548. The van der Waals surface area contributed by atoms with Gasteiger partial charge >= 0.3 is 5.97 Å². The summed E-state index contributed by atoms with van der Waals surface area (Å²) in [6.07, 6.45) is 0.910. The van der Waals surface area contributed by atoms with E-state index < -0.39 is 12.3 Å². The maximum absolute atomic E-state index is 11.7. The van der Waals surface area contributed by atoms with Gasteiger partial charge in [-0.1, -0.05) is 13.8 Å². The molecule has 1 atom stereocenters. The molecule has 1 N–H and O–H groups in total. The van der Waals surface area contributed by atoms with Gasteiger partial charge in [-0.3, -0.25) is 0 Å². The van der Waals surface area contributed by atoms with Crippen molar-refractivity contribution in [3.8, 4) is 0 Å². The van der Waals surface area contributed by atoms with Crippen LogP contribution in [0.1, 0.15) is 52.7 Å². The second kappa shape index (κ2) is 3.10. The number of aliphatic hydroxyl groups excluding tert-OH is 1. The summed E-state index contributed by atoms with van der Waals surface area (Å²) in [6, 6.07) is 1.95. The van der Waals surface area contributed by atoms with Crippen molar-refractivity contribution in [2.45, 2.75) is 39.9 Å². The van der Waals surface area contributed by atoms with E-state index in [9.17, 15) is 9.90 Å². The van der Waals surface area contributed by atoms with Crippen LogP contribution in [0.2, 0.25) is 0 Å². The predicted octanol–water partition coefficient (Wildman–Crippen LogP) is 2.28. The highest BCUT2D eigenvalue weighted by Gasteiger charge is 2.37. The molecule has 1 aliphatic heterocycles. The van der Waals surface area contributed by atoms with Gasteiger partial charge in [0, 0.05) is 5.56 Å². The maximum Gasteiger partial charge on any atom is 0.341 e. The minimum atomic E-state index is -1.08. The lowest BCUT2D eigenvalue weighted by Crippen LogP contribution is -2.10. The third-order valence-corrected chi connectivity index (χ3v) is 3.85. The van der Waals surface area contributed by atoms with Gasteiger partial charge in [0.2, 0.25) is 6.29 Å². The van der Waals surface area contributed by atoms with Crippen LogP contribution in [0.15, 0.2) is 6.07 Å². The minimum absolute atomic E-state index is 0.247. The molecule has 3 heteroatoms. The van der Waals surface area contributed by atoms with Crippen LogP contribution in [-0.2, 0) is 17.6 Å². The quantitative estimate of drug-likeness (QED) is 0.698. The lowest BCUT2D eigenvalue weighted by Gasteiger charge is -2.15. The van der Waals surface area contributed by atoms with E-state index in [0.29, 0.717) is 11.1 Å². The fraction of sp³-hybridized carbons (Fsp3) is 0.500. The fourth-order valence-corrected chi connectivity index (χ4v) is 3.11. The molecule has 3 nitrogen and oxygen atoms in total. The largest absolute Gasteiger partial charge is 0.428 e. The van der Waals surface area contributed by atoms with Gasteiger partial charge in [0.1, 0.15) is 0 Å². The Morgan fingerprint density at radius 1 is 1.41 bits per heavy atom. The van der Waals surface area contributed by atoms with Crippen molar-refractivity contribution in [1.29, 1.82) is 0 Å². The number of hydrogen-bond acceptors (Lipinski definition) is 3. The van der Waals surface area contributed by atoms with E-state index in [2.05, 4.69) is 13.8 Å². The fourth-order valence-electron chi connectivity index (χ4n) is 3.11. The van der Waals surface area contributed by atoms with Crippen LogP contribution in [0.3, 0.4) is 0 Å². The average molecular weight is 232 g/mol. The topological polar surface area (TPSA) is 46.5 Å². The van der Waals surface area contributed by atoms with Gasteiger partial charge in [-0.25, -0.2) is 4.79 Å². The minimum Gasteiger partial charge on any atom is -0.428 e. The zero-order chi connectivity index (χ0) is 12.4. The number of cyclic esters (lactones) is 1. The van der Waals surface area contributed by atoms with E-state index in [4.69, 9.17) is 4.74 Å². The van der Waals surface area contributed by atoms with Crippen molar-refractivity contribution in [2.24, 2.45) is 5.41 Å². The molecule has 0 saturated carbocycles. The van der Waals surface area contributed by atoms with Crippen molar-refractivity contribution in [1.82, 2.24) is 0 Å². The number of aliphatic hydroxyl groups is 1. The Morgan fingerprint density at radius 3 is 2.82 bits per heavy atom. The summed E-state index contributed by atoms with van der Waals surface area (Å²) in [5, 5.41) is 9.69. The maximum atomic E-state index is 11.7. The molecular weight excluding hydrogens is 216 g/mol. The molecule has 1 aromatic rings. The van der Waals surface area contributed by atoms with Crippen LogP contribution in [0.4, 0.5) is 0 Å². The van der Waals surface area contributed by atoms with Crippen molar-refractivity contribution in [2.75, 3.05) is 0 Å². The third kappa shape index (κ3) is 1.42. The molecule has 0 bridgehead atoms. The molecule has 2 aliphatic rings. The number of esters is 1. The molecule has 1 aromatic carbocycles. The Kier molecular flexibility index (Phi) is 1.97. The zero-order valence-electron chi connectivity index (χ0n) is 10.3. The summed E-state index contributed by atoms with van der Waals surface area (Å²) in [5.41, 5.74) is 4.97. The van der Waals surface area contributed by atoms with Crippen LogP contribution in [0.5, 0.6) is 0 Å². The molecule has 3 rings (SSSR count). The van der Waals surface area contributed by atoms with Crippen LogP contribution < -0.4 is 0 Å². The summed E-state index contributed by atoms with van der Waals surface area (Å²) in [7, 11) is 0. The smallest absolute Gasteiger partial charge is 0.341 e. The van der Waals surface area contributed by atoms with E-state index in [1.54, 1.807) is 0 Å². The first-order valence-electron chi connectivity index (χ1n) is 5.93. The molecule has 0 spiro atoms. The van der Waals surface area contributed by atoms with Crippen LogP contribution in [0, 0.1) is 12.3 Å². The van der Waals surface area contributed by atoms with E-state index in [1.165, 1.54) is 11.1 Å². The van der Waals surface area contributed by atoms with Crippen molar-refractivity contribution in [3.05, 3.63) is 33.9 Å². The monoisotopic (exact) mass is 232 g/mol. The number of carbonyl (C=O) groups is 1. The second-order valence-corrected chi connectivity index (χ2v) is 5.88. The predicted molar refractivity (Wildman–Crippen MR) is 62.7 cm³/mol. The van der Waals surface area contributed by atoms with Crippen molar-refractivity contribution < 1.29 is 14.6 Å². The molecule has 90 valence electrons. The van der Waals surface area contributed by atoms with Gasteiger partial charge < -0.3 is 9.84 Å². The van der Waals surface area contributed by atoms with E-state index in [1.807, 2.05) is 13.0 Å². The highest BCUT2D eigenvalue weighted by Crippen LogP contribution is 2.43. The Hall–Kier alpha value is -1.35. The molecule has 17 heavy (non-hydrogen) atoms. The first-order valence-corrected chi connectivity index (χ1v) is 5.93. The Labute approximate surface area is 100 Å². The summed E-state index contributed by atoms with van der Waals surface area (Å²) in [5.74, 6) is -0.391. The Bertz CT molecular complexity index is 529. The van der Waals surface area contributed by atoms with Gasteiger partial charge in [-0.15, -0.1) is 0 Å². The lowest BCUT2D eigenvalue weighted by atomic mass is 9.90. The van der Waals surface area contributed by atoms with Crippen molar-refractivity contribution in [3.63, 3.8) is 0 Å². The van der Waals surface area contributed by atoms with Gasteiger partial charge in [-0.05, 0) is 47.9 Å². The SMILES string of the molecule is Cc1c2c(cc3c1C(=O)OC3O)CC(C)(C)C2. The molecule has 1 aliphatic carbocycles. The normalized spacial score (nSPS) is 24.5. The van der Waals surface area contributed by atoms with Crippen molar-refractivity contribution >= 4 is 5.97 Å². The van der Waals surface area contributed by atoms with E-state index >= 15 is 0 Å². The summed E-state index contributed by atoms with van der Waals surface area (Å²) in [6.45, 7) is 6.41. The molecule has 0 saturated heterocycles. The number of rotatable bonds is 0. The van der Waals surface area contributed by atoms with Crippen LogP contribution in [0.25, 0.3) is 0 Å². The molecule has 0 radical (unpaired) electrons. The third-order valence-electron chi connectivity index (χ3n) is 3.85. The number of hydrogen-bond donors (Lipinski definition) is 1. The Balaban J connectivity index is 2.23. The van der Waals surface area contributed by atoms with Crippen LogP contribution in [-0.4, -0.2) is 11.1 Å². The molecule has 1 heterocycles. The zero-order valence-corrected chi connectivity index (χ0v) is 10.3. The standard InChI is InChI=1S/C14H16O3/c1-7-10-6-14(2,3)5-8(10)4-9-11(7)13(16)17-12(9)15/h4,12,15H,5-6H2,1-3H3. The molecule has 0 aromatic heterocycles. The van der Waals surface area contributed by atoms with Crippen LogP contribution >= 0.6 is 0 Å². The number of carbonyl (C=O) groups excluding carboxylic acids is 1. The summed E-state index contributed by atoms with van der Waals surface area (Å²) in [4.78, 5) is 11.7. The van der Waals surface area contributed by atoms with Gasteiger partial charge in [0.25, 0.3) is 0 Å².